The highest BCUT2D eigenvalue weighted by Gasteiger charge is 2.27. The molecule has 1 aliphatic rings. The second kappa shape index (κ2) is 4.21. The lowest BCUT2D eigenvalue weighted by atomic mass is 10.1. The second-order valence-corrected chi connectivity index (χ2v) is 3.76. The molecule has 2 atom stereocenters. The van der Waals surface area contributed by atoms with E-state index in [0.29, 0.717) is 12.1 Å². The Bertz CT molecular complexity index is 138. The third kappa shape index (κ3) is 1.97. The van der Waals surface area contributed by atoms with Crippen LogP contribution in [0.1, 0.15) is 13.8 Å². The van der Waals surface area contributed by atoms with Crippen molar-refractivity contribution in [1.29, 1.82) is 0 Å². The summed E-state index contributed by atoms with van der Waals surface area (Å²) < 4.78 is 0. The molecule has 0 amide bonds. The minimum atomic E-state index is 0.550. The summed E-state index contributed by atoms with van der Waals surface area (Å²) in [5.41, 5.74) is 5.70. The van der Waals surface area contributed by atoms with Gasteiger partial charge in [0.2, 0.25) is 0 Å². The standard InChI is InChI=1S/C9H21N3/c1-4-12-6-8(2)11(3)9(5-10)7-12/h8-9H,4-7,10H2,1-3H3. The molecule has 0 radical (unpaired) electrons. The zero-order valence-electron chi connectivity index (χ0n) is 8.45. The summed E-state index contributed by atoms with van der Waals surface area (Å²) >= 11 is 0. The maximum atomic E-state index is 5.70. The Morgan fingerprint density at radius 2 is 2.08 bits per heavy atom. The van der Waals surface area contributed by atoms with Gasteiger partial charge in [-0.15, -0.1) is 0 Å². The zero-order valence-corrected chi connectivity index (χ0v) is 8.45. The van der Waals surface area contributed by atoms with Crippen LogP contribution in [0.5, 0.6) is 0 Å². The van der Waals surface area contributed by atoms with Crippen molar-refractivity contribution < 1.29 is 0 Å². The van der Waals surface area contributed by atoms with Gasteiger partial charge in [0, 0.05) is 31.7 Å². The number of nitrogens with zero attached hydrogens (tertiary/aromatic N) is 2. The second-order valence-electron chi connectivity index (χ2n) is 3.76. The summed E-state index contributed by atoms with van der Waals surface area (Å²) in [4.78, 5) is 4.87. The molecule has 0 aliphatic carbocycles. The van der Waals surface area contributed by atoms with Crippen LogP contribution in [0.2, 0.25) is 0 Å². The fourth-order valence-electron chi connectivity index (χ4n) is 1.86. The predicted molar refractivity (Wildman–Crippen MR) is 52.2 cm³/mol. The molecule has 12 heavy (non-hydrogen) atoms. The lowest BCUT2D eigenvalue weighted by molar-refractivity contribution is 0.0587. The van der Waals surface area contributed by atoms with Gasteiger partial charge in [0.1, 0.15) is 0 Å². The van der Waals surface area contributed by atoms with E-state index in [-0.39, 0.29) is 0 Å². The summed E-state index contributed by atoms with van der Waals surface area (Å²) in [5, 5.41) is 0. The smallest absolute Gasteiger partial charge is 0.0345 e. The maximum absolute atomic E-state index is 5.70. The highest BCUT2D eigenvalue weighted by Crippen LogP contribution is 2.11. The highest BCUT2D eigenvalue weighted by molar-refractivity contribution is 4.85. The summed E-state index contributed by atoms with van der Waals surface area (Å²) in [7, 11) is 2.18. The van der Waals surface area contributed by atoms with E-state index in [1.54, 1.807) is 0 Å². The summed E-state index contributed by atoms with van der Waals surface area (Å²) in [6.07, 6.45) is 0. The zero-order chi connectivity index (χ0) is 9.14. The molecule has 0 aromatic carbocycles. The molecule has 0 saturated carbocycles. The van der Waals surface area contributed by atoms with Gasteiger partial charge in [0.05, 0.1) is 0 Å². The molecule has 1 rings (SSSR count). The first kappa shape index (κ1) is 9.96. The van der Waals surface area contributed by atoms with Gasteiger partial charge in [-0.1, -0.05) is 6.92 Å². The summed E-state index contributed by atoms with van der Waals surface area (Å²) in [6, 6.07) is 1.20. The van der Waals surface area contributed by atoms with Crippen LogP contribution in [-0.4, -0.2) is 55.1 Å². The van der Waals surface area contributed by atoms with E-state index in [0.717, 1.165) is 19.6 Å². The van der Waals surface area contributed by atoms with Crippen molar-refractivity contribution in [2.24, 2.45) is 5.73 Å². The number of nitrogens with two attached hydrogens (primary N) is 1. The Balaban J connectivity index is 2.52. The summed E-state index contributed by atoms with van der Waals surface area (Å²) in [6.45, 7) is 8.72. The van der Waals surface area contributed by atoms with Gasteiger partial charge in [0.25, 0.3) is 0 Å². The first-order valence-corrected chi connectivity index (χ1v) is 4.83. The molecule has 2 unspecified atom stereocenters. The van der Waals surface area contributed by atoms with Crippen molar-refractivity contribution in [3.05, 3.63) is 0 Å². The average molecular weight is 171 g/mol. The lowest BCUT2D eigenvalue weighted by Gasteiger charge is -2.43. The molecule has 3 nitrogen and oxygen atoms in total. The molecule has 3 heteroatoms. The number of hydrogen-bond donors (Lipinski definition) is 1. The Kier molecular flexibility index (Phi) is 3.50. The fourth-order valence-corrected chi connectivity index (χ4v) is 1.86. The van der Waals surface area contributed by atoms with E-state index in [1.807, 2.05) is 0 Å². The van der Waals surface area contributed by atoms with Crippen molar-refractivity contribution >= 4 is 0 Å². The topological polar surface area (TPSA) is 32.5 Å². The molecule has 0 bridgehead atoms. The Morgan fingerprint density at radius 1 is 1.42 bits per heavy atom. The monoisotopic (exact) mass is 171 g/mol. The predicted octanol–water partition coefficient (Wildman–Crippen LogP) is -0.0305. The van der Waals surface area contributed by atoms with Crippen LogP contribution in [-0.2, 0) is 0 Å². The Morgan fingerprint density at radius 3 is 2.58 bits per heavy atom. The van der Waals surface area contributed by atoms with E-state index in [4.69, 9.17) is 5.73 Å². The van der Waals surface area contributed by atoms with Gasteiger partial charge < -0.3 is 10.6 Å². The van der Waals surface area contributed by atoms with E-state index in [1.165, 1.54) is 6.54 Å². The molecule has 1 fully saturated rings. The van der Waals surface area contributed by atoms with Gasteiger partial charge in [-0.25, -0.2) is 0 Å². The van der Waals surface area contributed by atoms with Crippen LogP contribution in [0.15, 0.2) is 0 Å². The van der Waals surface area contributed by atoms with Crippen molar-refractivity contribution in [1.82, 2.24) is 9.80 Å². The SMILES string of the molecule is CCN1CC(C)N(C)C(CN)C1. The number of piperazine rings is 1. The van der Waals surface area contributed by atoms with E-state index in [9.17, 15) is 0 Å². The van der Waals surface area contributed by atoms with Crippen molar-refractivity contribution in [2.45, 2.75) is 25.9 Å². The summed E-state index contributed by atoms with van der Waals surface area (Å²) in [5.74, 6) is 0. The molecule has 1 aliphatic heterocycles. The van der Waals surface area contributed by atoms with Gasteiger partial charge in [-0.3, -0.25) is 4.90 Å². The minimum absolute atomic E-state index is 0.550. The Hall–Kier alpha value is -0.120. The van der Waals surface area contributed by atoms with Crippen LogP contribution in [0.3, 0.4) is 0 Å². The van der Waals surface area contributed by atoms with Crippen LogP contribution in [0.4, 0.5) is 0 Å². The average Bonchev–Trinajstić information content (AvgIpc) is 2.09. The molecule has 0 aromatic rings. The van der Waals surface area contributed by atoms with Crippen LogP contribution < -0.4 is 5.73 Å². The van der Waals surface area contributed by atoms with Crippen molar-refractivity contribution in [2.75, 3.05) is 33.2 Å². The highest BCUT2D eigenvalue weighted by atomic mass is 15.3. The largest absolute Gasteiger partial charge is 0.329 e. The maximum Gasteiger partial charge on any atom is 0.0345 e. The first-order chi connectivity index (χ1) is 5.69. The molecule has 2 N–H and O–H groups in total. The molecule has 1 saturated heterocycles. The molecule has 1 heterocycles. The van der Waals surface area contributed by atoms with Crippen LogP contribution in [0.25, 0.3) is 0 Å². The number of hydrogen-bond acceptors (Lipinski definition) is 3. The quantitative estimate of drug-likeness (QED) is 0.633. The molecule has 0 aromatic heterocycles. The third-order valence-corrected chi connectivity index (χ3v) is 2.98. The van der Waals surface area contributed by atoms with Crippen molar-refractivity contribution in [3.8, 4) is 0 Å². The van der Waals surface area contributed by atoms with Gasteiger partial charge >= 0.3 is 0 Å². The van der Waals surface area contributed by atoms with E-state index in [2.05, 4.69) is 30.7 Å². The molecular weight excluding hydrogens is 150 g/mol. The third-order valence-electron chi connectivity index (χ3n) is 2.98. The van der Waals surface area contributed by atoms with Crippen LogP contribution in [0, 0.1) is 0 Å². The first-order valence-electron chi connectivity index (χ1n) is 4.83. The van der Waals surface area contributed by atoms with E-state index >= 15 is 0 Å². The lowest BCUT2D eigenvalue weighted by Crippen LogP contribution is -2.58. The molecule has 72 valence electrons. The van der Waals surface area contributed by atoms with Gasteiger partial charge in [-0.05, 0) is 20.5 Å². The van der Waals surface area contributed by atoms with E-state index < -0.39 is 0 Å². The van der Waals surface area contributed by atoms with Crippen molar-refractivity contribution in [3.63, 3.8) is 0 Å². The number of likely N-dealkylation sites (N-methyl/N-ethyl adjacent to an activating group) is 2. The molecule has 0 spiro atoms. The van der Waals surface area contributed by atoms with Gasteiger partial charge in [-0.2, -0.15) is 0 Å². The van der Waals surface area contributed by atoms with Crippen LogP contribution >= 0.6 is 0 Å². The molecular formula is C9H21N3. The minimum Gasteiger partial charge on any atom is -0.329 e. The fraction of sp³-hybridized carbons (Fsp3) is 1.00. The van der Waals surface area contributed by atoms with Gasteiger partial charge in [0.15, 0.2) is 0 Å². The Labute approximate surface area is 75.5 Å². The normalized spacial score (nSPS) is 34.0. The number of rotatable bonds is 2.